The van der Waals surface area contributed by atoms with Gasteiger partial charge in [0.25, 0.3) is 0 Å². The second-order valence-electron chi connectivity index (χ2n) is 13.6. The fraction of sp³-hybridized carbons (Fsp3) is 0.364. The van der Waals surface area contributed by atoms with Gasteiger partial charge < -0.3 is 9.47 Å². The molecule has 0 fully saturated rings. The molecule has 6 rings (SSSR count). The van der Waals surface area contributed by atoms with Gasteiger partial charge in [0.1, 0.15) is 34.2 Å². The maximum Gasteiger partial charge on any atom is 0.135 e. The highest BCUT2D eigenvalue weighted by Gasteiger charge is 2.19. The molecule has 272 valence electrons. The minimum atomic E-state index is -0.325. The van der Waals surface area contributed by atoms with E-state index in [2.05, 4.69) is 36.4 Å². The van der Waals surface area contributed by atoms with Gasteiger partial charge in [0, 0.05) is 38.1 Å². The molecule has 4 nitrogen and oxygen atoms in total. The van der Waals surface area contributed by atoms with Gasteiger partial charge in [-0.25, -0.2) is 8.78 Å². The average Bonchev–Trinajstić information content (AvgIpc) is 3.86. The topological polar surface area (TPSA) is 44.2 Å². The Hall–Kier alpha value is -4.14. The van der Waals surface area contributed by atoms with Crippen LogP contribution in [0.1, 0.15) is 79.1 Å². The van der Waals surface area contributed by atoms with Crippen molar-refractivity contribution in [3.05, 3.63) is 96.6 Å². The van der Waals surface area contributed by atoms with Crippen molar-refractivity contribution in [2.24, 2.45) is 11.8 Å². The van der Waals surface area contributed by atoms with Gasteiger partial charge in [-0.15, -0.1) is 11.3 Å². The fourth-order valence-corrected chi connectivity index (χ4v) is 8.21. The third-order valence-electron chi connectivity index (χ3n) is 10.00. The van der Waals surface area contributed by atoms with E-state index in [0.717, 1.165) is 69.6 Å². The second-order valence-corrected chi connectivity index (χ2v) is 15.2. The molecule has 0 aliphatic rings. The highest BCUT2D eigenvalue weighted by Crippen LogP contribution is 2.41. The van der Waals surface area contributed by atoms with E-state index in [1.807, 2.05) is 66.7 Å². The first-order chi connectivity index (χ1) is 25.4. The number of thiophene rings is 1. The number of rotatable bonds is 18. The Labute approximate surface area is 315 Å². The monoisotopic (exact) mass is 738 g/mol. The van der Waals surface area contributed by atoms with Crippen LogP contribution in [-0.2, 0) is 0 Å². The van der Waals surface area contributed by atoms with Crippen molar-refractivity contribution >= 4 is 34.1 Å². The van der Waals surface area contributed by atoms with Gasteiger partial charge in [-0.2, -0.15) is 8.75 Å². The summed E-state index contributed by atoms with van der Waals surface area (Å²) in [5.74, 6) is 1.79. The van der Waals surface area contributed by atoms with Crippen molar-refractivity contribution in [1.82, 2.24) is 8.75 Å². The van der Waals surface area contributed by atoms with E-state index in [1.165, 1.54) is 43.1 Å². The van der Waals surface area contributed by atoms with Crippen molar-refractivity contribution in [3.8, 4) is 54.6 Å². The van der Waals surface area contributed by atoms with Crippen molar-refractivity contribution < 1.29 is 18.3 Å². The van der Waals surface area contributed by atoms with Crippen LogP contribution in [0.25, 0.3) is 54.2 Å². The number of unbranched alkanes of at least 4 members (excludes halogenated alkanes) is 2. The maximum absolute atomic E-state index is 15.8. The average molecular weight is 739 g/mol. The van der Waals surface area contributed by atoms with Gasteiger partial charge in [-0.3, -0.25) is 0 Å². The van der Waals surface area contributed by atoms with Crippen LogP contribution < -0.4 is 9.47 Å². The minimum Gasteiger partial charge on any atom is -0.493 e. The summed E-state index contributed by atoms with van der Waals surface area (Å²) >= 11 is 2.60. The molecule has 0 aliphatic carbocycles. The Bertz CT molecular complexity index is 2060. The Kier molecular flexibility index (Phi) is 13.1. The Morgan fingerprint density at radius 3 is 1.69 bits per heavy atom. The molecule has 0 aliphatic heterocycles. The summed E-state index contributed by atoms with van der Waals surface area (Å²) in [6.07, 6.45) is 9.22. The lowest BCUT2D eigenvalue weighted by molar-refractivity contribution is 0.232. The number of halogens is 2. The smallest absolute Gasteiger partial charge is 0.135 e. The lowest BCUT2D eigenvalue weighted by atomic mass is 9.97. The number of benzene rings is 4. The molecule has 0 bridgehead atoms. The standard InChI is InChI=1S/C44H48F2N2O2S2/c1-5-9-11-29(7-3)27-49-33-16-13-31(14-17-33)32-15-19-35(39(45)25-32)36-21-22-38(44-43(36)47-52-48-44)42-24-23-41(51-42)37-20-18-34(26-40(37)46)50-28-30(8-4)12-10-6-2/h13-26,29-30H,5-12,27-28H2,1-4H3. The Balaban J connectivity index is 1.16. The predicted octanol–water partition coefficient (Wildman–Crippen LogP) is 13.9. The first-order valence-corrected chi connectivity index (χ1v) is 20.3. The summed E-state index contributed by atoms with van der Waals surface area (Å²) in [4.78, 5) is 1.75. The Morgan fingerprint density at radius 2 is 1.08 bits per heavy atom. The summed E-state index contributed by atoms with van der Waals surface area (Å²) in [6, 6.07) is 26.1. The molecule has 2 heterocycles. The van der Waals surface area contributed by atoms with E-state index in [4.69, 9.17) is 9.47 Å². The van der Waals surface area contributed by atoms with Crippen molar-refractivity contribution in [1.29, 1.82) is 0 Å². The van der Waals surface area contributed by atoms with Gasteiger partial charge >= 0.3 is 0 Å². The number of aromatic nitrogens is 2. The zero-order chi connectivity index (χ0) is 36.5. The van der Waals surface area contributed by atoms with Crippen molar-refractivity contribution in [2.45, 2.75) is 79.1 Å². The highest BCUT2D eigenvalue weighted by molar-refractivity contribution is 7.19. The molecule has 2 unspecified atom stereocenters. The van der Waals surface area contributed by atoms with E-state index in [-0.39, 0.29) is 11.6 Å². The zero-order valence-corrected chi connectivity index (χ0v) is 32.2. The molecular formula is C44H48F2N2O2S2. The number of fused-ring (bicyclic) bond motifs is 1. The van der Waals surface area contributed by atoms with Gasteiger partial charge in [0.05, 0.1) is 24.9 Å². The number of hydrogen-bond donors (Lipinski definition) is 0. The van der Waals surface area contributed by atoms with Crippen LogP contribution in [0.2, 0.25) is 0 Å². The number of nitrogens with zero attached hydrogens (tertiary/aromatic N) is 2. The molecule has 0 radical (unpaired) electrons. The van der Waals surface area contributed by atoms with Crippen LogP contribution >= 0.6 is 23.1 Å². The molecule has 52 heavy (non-hydrogen) atoms. The van der Waals surface area contributed by atoms with Gasteiger partial charge in [-0.05, 0) is 78.3 Å². The quantitative estimate of drug-likeness (QED) is 0.0881. The third-order valence-corrected chi connectivity index (χ3v) is 11.7. The van der Waals surface area contributed by atoms with Crippen LogP contribution in [0.15, 0.2) is 84.9 Å². The molecule has 0 amide bonds. The maximum atomic E-state index is 15.8. The molecule has 0 N–H and O–H groups in total. The largest absolute Gasteiger partial charge is 0.493 e. The molecule has 6 aromatic rings. The molecule has 2 aromatic heterocycles. The summed E-state index contributed by atoms with van der Waals surface area (Å²) in [5, 5.41) is 0. The van der Waals surface area contributed by atoms with Gasteiger partial charge in [0.15, 0.2) is 0 Å². The van der Waals surface area contributed by atoms with Crippen LogP contribution in [0.5, 0.6) is 11.5 Å². The minimum absolute atomic E-state index is 0.311. The van der Waals surface area contributed by atoms with E-state index in [0.29, 0.717) is 58.5 Å². The van der Waals surface area contributed by atoms with E-state index in [1.54, 1.807) is 12.1 Å². The van der Waals surface area contributed by atoms with Crippen molar-refractivity contribution in [3.63, 3.8) is 0 Å². The lowest BCUT2D eigenvalue weighted by Crippen LogP contribution is -2.11. The summed E-state index contributed by atoms with van der Waals surface area (Å²) in [5.41, 5.74) is 5.64. The molecular weight excluding hydrogens is 691 g/mol. The van der Waals surface area contributed by atoms with Gasteiger partial charge in [-0.1, -0.05) is 103 Å². The molecule has 2 atom stereocenters. The third kappa shape index (κ3) is 8.89. The second kappa shape index (κ2) is 18.1. The van der Waals surface area contributed by atoms with E-state index >= 15 is 8.78 Å². The zero-order valence-electron chi connectivity index (χ0n) is 30.6. The summed E-state index contributed by atoms with van der Waals surface area (Å²) in [6.45, 7) is 10.1. The molecule has 0 spiro atoms. The molecule has 0 saturated carbocycles. The van der Waals surface area contributed by atoms with Crippen LogP contribution in [0.3, 0.4) is 0 Å². The van der Waals surface area contributed by atoms with E-state index in [9.17, 15) is 0 Å². The fourth-order valence-electron chi connectivity index (χ4n) is 6.58. The summed E-state index contributed by atoms with van der Waals surface area (Å²) < 4.78 is 52.4. The highest BCUT2D eigenvalue weighted by atomic mass is 32.1. The number of hydrogen-bond acceptors (Lipinski definition) is 6. The van der Waals surface area contributed by atoms with E-state index < -0.39 is 0 Å². The van der Waals surface area contributed by atoms with Crippen LogP contribution in [-0.4, -0.2) is 22.0 Å². The summed E-state index contributed by atoms with van der Waals surface area (Å²) in [7, 11) is 0. The first-order valence-electron chi connectivity index (χ1n) is 18.7. The van der Waals surface area contributed by atoms with Crippen LogP contribution in [0, 0.1) is 23.5 Å². The normalized spacial score (nSPS) is 12.7. The molecule has 8 heteroatoms. The Morgan fingerprint density at radius 1 is 0.558 bits per heavy atom. The lowest BCUT2D eigenvalue weighted by Gasteiger charge is -2.16. The van der Waals surface area contributed by atoms with Crippen LogP contribution in [0.4, 0.5) is 8.78 Å². The SMILES string of the molecule is CCCCC(CC)COc1ccc(-c2ccc(-c3ccc(-c4ccc(-c5ccc(OCC(CC)CCCC)cc5F)s4)c4nsnc34)c(F)c2)cc1. The van der Waals surface area contributed by atoms with Gasteiger partial charge in [0.2, 0.25) is 0 Å². The van der Waals surface area contributed by atoms with Crippen molar-refractivity contribution in [2.75, 3.05) is 13.2 Å². The molecule has 0 saturated heterocycles. The first kappa shape index (κ1) is 37.6. The number of ether oxygens (including phenoxy) is 2. The predicted molar refractivity (Wildman–Crippen MR) is 215 cm³/mol. The molecule has 4 aromatic carbocycles.